The first-order valence-corrected chi connectivity index (χ1v) is 13.5. The second-order valence-corrected chi connectivity index (χ2v) is 10.4. The Kier molecular flexibility index (Phi) is 7.35. The van der Waals surface area contributed by atoms with E-state index in [1.165, 1.54) is 28.4 Å². The number of hydrogen-bond acceptors (Lipinski definition) is 7. The van der Waals surface area contributed by atoms with E-state index < -0.39 is 17.7 Å². The molecule has 5 rings (SSSR count). The number of Topliss-reactive ketones (excluding diaryl/α,β-unsaturated/α-hetero) is 1. The molecule has 2 N–H and O–H groups in total. The Hall–Kier alpha value is -3.88. The lowest BCUT2D eigenvalue weighted by molar-refractivity contribution is -0.132. The molecule has 194 valence electrons. The van der Waals surface area contributed by atoms with E-state index in [9.17, 15) is 19.8 Å². The van der Waals surface area contributed by atoms with Crippen molar-refractivity contribution in [1.82, 2.24) is 4.98 Å². The molecule has 1 aromatic heterocycles. The fourth-order valence-corrected chi connectivity index (χ4v) is 5.67. The molecular weight excluding hydrogens is 524 g/mol. The van der Waals surface area contributed by atoms with E-state index in [2.05, 4.69) is 11.9 Å². The lowest BCUT2D eigenvalue weighted by Crippen LogP contribution is -2.29. The minimum atomic E-state index is -0.948. The Morgan fingerprint density at radius 1 is 1.05 bits per heavy atom. The molecule has 1 unspecified atom stereocenters. The second kappa shape index (κ2) is 10.8. The summed E-state index contributed by atoms with van der Waals surface area (Å²) in [5, 5.41) is 22.0. The number of phenols is 1. The number of fused-ring (bicyclic) bond motifs is 1. The molecule has 3 aromatic carbocycles. The average molecular weight is 549 g/mol. The summed E-state index contributed by atoms with van der Waals surface area (Å²) in [6.45, 7) is 2.72. The SMILES string of the molecule is CCCCCOc1ccc(/C(O)=C2\C(=O)C(=O)N(c3nc4ccc(Cl)cc4s3)C2c2ccc(O)cc2)cc1. The van der Waals surface area contributed by atoms with Crippen molar-refractivity contribution in [1.29, 1.82) is 0 Å². The number of anilines is 1. The Labute approximate surface area is 228 Å². The summed E-state index contributed by atoms with van der Waals surface area (Å²) in [5.74, 6) is -1.23. The lowest BCUT2D eigenvalue weighted by Gasteiger charge is -2.23. The minimum Gasteiger partial charge on any atom is -0.508 e. The molecule has 0 spiro atoms. The molecule has 9 heteroatoms. The number of unbranched alkanes of at least 4 members (excludes halogenated alkanes) is 2. The normalized spacial score (nSPS) is 16.9. The van der Waals surface area contributed by atoms with Crippen LogP contribution >= 0.6 is 22.9 Å². The Morgan fingerprint density at radius 2 is 1.79 bits per heavy atom. The van der Waals surface area contributed by atoms with Gasteiger partial charge in [-0.15, -0.1) is 0 Å². The molecule has 1 saturated heterocycles. The number of amides is 1. The summed E-state index contributed by atoms with van der Waals surface area (Å²) in [6.07, 6.45) is 3.13. The van der Waals surface area contributed by atoms with Crippen LogP contribution in [0.4, 0.5) is 5.13 Å². The molecule has 0 bridgehead atoms. The predicted octanol–water partition coefficient (Wildman–Crippen LogP) is 6.85. The van der Waals surface area contributed by atoms with Gasteiger partial charge in [-0.2, -0.15) is 0 Å². The second-order valence-electron chi connectivity index (χ2n) is 8.95. The lowest BCUT2D eigenvalue weighted by atomic mass is 9.95. The van der Waals surface area contributed by atoms with Crippen LogP contribution in [0.5, 0.6) is 11.5 Å². The van der Waals surface area contributed by atoms with Crippen molar-refractivity contribution in [2.24, 2.45) is 0 Å². The van der Waals surface area contributed by atoms with Gasteiger partial charge in [-0.25, -0.2) is 4.98 Å². The third-order valence-corrected chi connectivity index (χ3v) is 7.60. The van der Waals surface area contributed by atoms with E-state index in [0.29, 0.717) is 39.2 Å². The van der Waals surface area contributed by atoms with Gasteiger partial charge in [-0.05, 0) is 66.6 Å². The smallest absolute Gasteiger partial charge is 0.301 e. The van der Waals surface area contributed by atoms with Crippen LogP contribution in [0.1, 0.15) is 43.4 Å². The number of carbonyl (C=O) groups is 2. The van der Waals surface area contributed by atoms with Crippen LogP contribution in [-0.4, -0.2) is 33.5 Å². The van der Waals surface area contributed by atoms with E-state index in [1.807, 2.05) is 0 Å². The number of hydrogen-bond donors (Lipinski definition) is 2. The Morgan fingerprint density at radius 3 is 2.50 bits per heavy atom. The molecule has 0 aliphatic carbocycles. The fourth-order valence-electron chi connectivity index (χ4n) is 4.40. The van der Waals surface area contributed by atoms with Crippen LogP contribution in [0.15, 0.2) is 72.3 Å². The first kappa shape index (κ1) is 25.8. The van der Waals surface area contributed by atoms with E-state index in [4.69, 9.17) is 16.3 Å². The summed E-state index contributed by atoms with van der Waals surface area (Å²) < 4.78 is 6.51. The van der Waals surface area contributed by atoms with Gasteiger partial charge in [0.05, 0.1) is 28.4 Å². The maximum absolute atomic E-state index is 13.4. The van der Waals surface area contributed by atoms with Crippen molar-refractivity contribution < 1.29 is 24.5 Å². The molecule has 1 atom stereocenters. The third kappa shape index (κ3) is 4.97. The van der Waals surface area contributed by atoms with Gasteiger partial charge >= 0.3 is 5.91 Å². The number of benzene rings is 3. The number of rotatable bonds is 8. The van der Waals surface area contributed by atoms with Gasteiger partial charge in [0.15, 0.2) is 5.13 Å². The Balaban J connectivity index is 1.57. The van der Waals surface area contributed by atoms with Gasteiger partial charge in [-0.3, -0.25) is 14.5 Å². The molecule has 1 amide bonds. The van der Waals surface area contributed by atoms with Crippen LogP contribution in [0, 0.1) is 0 Å². The van der Waals surface area contributed by atoms with Crippen molar-refractivity contribution in [2.45, 2.75) is 32.2 Å². The summed E-state index contributed by atoms with van der Waals surface area (Å²) in [4.78, 5) is 32.6. The number of nitrogens with zero attached hydrogens (tertiary/aromatic N) is 2. The van der Waals surface area contributed by atoms with Crippen molar-refractivity contribution in [2.75, 3.05) is 11.5 Å². The summed E-state index contributed by atoms with van der Waals surface area (Å²) in [5.41, 5.74) is 1.49. The maximum atomic E-state index is 13.4. The minimum absolute atomic E-state index is 0.0369. The molecule has 0 saturated carbocycles. The highest BCUT2D eigenvalue weighted by Gasteiger charge is 2.48. The number of carbonyl (C=O) groups excluding carboxylic acids is 2. The zero-order valence-electron chi connectivity index (χ0n) is 20.6. The van der Waals surface area contributed by atoms with Gasteiger partial charge < -0.3 is 14.9 Å². The van der Waals surface area contributed by atoms with Crippen LogP contribution in [0.3, 0.4) is 0 Å². The highest BCUT2D eigenvalue weighted by molar-refractivity contribution is 7.22. The topological polar surface area (TPSA) is 100.0 Å². The molecule has 4 aromatic rings. The summed E-state index contributed by atoms with van der Waals surface area (Å²) >= 11 is 7.36. The van der Waals surface area contributed by atoms with E-state index in [1.54, 1.807) is 54.6 Å². The monoisotopic (exact) mass is 548 g/mol. The van der Waals surface area contributed by atoms with Gasteiger partial charge in [0.2, 0.25) is 0 Å². The number of ketones is 1. The third-order valence-electron chi connectivity index (χ3n) is 6.34. The highest BCUT2D eigenvalue weighted by atomic mass is 35.5. The molecular formula is C29H25ClN2O5S. The first-order chi connectivity index (χ1) is 18.4. The number of phenolic OH excluding ortho intramolecular Hbond substituents is 1. The van der Waals surface area contributed by atoms with E-state index in [0.717, 1.165) is 24.0 Å². The molecule has 1 aliphatic rings. The van der Waals surface area contributed by atoms with Crippen molar-refractivity contribution in [3.63, 3.8) is 0 Å². The van der Waals surface area contributed by atoms with Crippen molar-refractivity contribution >= 4 is 55.7 Å². The zero-order valence-corrected chi connectivity index (χ0v) is 22.1. The number of aliphatic hydroxyl groups is 1. The van der Waals surface area contributed by atoms with E-state index in [-0.39, 0.29) is 17.1 Å². The van der Waals surface area contributed by atoms with Gasteiger partial charge in [0.25, 0.3) is 5.78 Å². The number of ether oxygens (including phenoxy) is 1. The fraction of sp³-hybridized carbons (Fsp3) is 0.207. The molecule has 2 heterocycles. The quantitative estimate of drug-likeness (QED) is 0.108. The van der Waals surface area contributed by atoms with Crippen LogP contribution in [0.25, 0.3) is 16.0 Å². The van der Waals surface area contributed by atoms with Crippen molar-refractivity contribution in [3.8, 4) is 11.5 Å². The average Bonchev–Trinajstić information content (AvgIpc) is 3.44. The molecule has 7 nitrogen and oxygen atoms in total. The molecule has 1 fully saturated rings. The number of aromatic hydroxyl groups is 1. The molecule has 0 radical (unpaired) electrons. The largest absolute Gasteiger partial charge is 0.508 e. The summed E-state index contributed by atoms with van der Waals surface area (Å²) in [6, 6.07) is 17.2. The van der Waals surface area contributed by atoms with Gasteiger partial charge in [-0.1, -0.05) is 54.8 Å². The maximum Gasteiger partial charge on any atom is 0.301 e. The number of halogens is 1. The first-order valence-electron chi connectivity index (χ1n) is 12.3. The number of thiazole rings is 1. The number of aliphatic hydroxyl groups excluding tert-OH is 1. The summed E-state index contributed by atoms with van der Waals surface area (Å²) in [7, 11) is 0. The standard InChI is InChI=1S/C29H25ClN2O5S/c1-2-3-4-15-37-21-12-7-18(8-13-21)26(34)24-25(17-5-10-20(33)11-6-17)32(28(36)27(24)35)29-31-22-14-9-19(30)16-23(22)38-29/h5-14,16,25,33-34H,2-4,15H2,1H3/b26-24+. The molecule has 38 heavy (non-hydrogen) atoms. The van der Waals surface area contributed by atoms with Crippen LogP contribution < -0.4 is 9.64 Å². The number of aromatic nitrogens is 1. The predicted molar refractivity (Wildman–Crippen MR) is 149 cm³/mol. The zero-order chi connectivity index (χ0) is 26.8. The van der Waals surface area contributed by atoms with E-state index >= 15 is 0 Å². The molecule has 1 aliphatic heterocycles. The van der Waals surface area contributed by atoms with Gasteiger partial charge in [0, 0.05) is 10.6 Å². The Bertz CT molecular complexity index is 1530. The van der Waals surface area contributed by atoms with Crippen molar-refractivity contribution in [3.05, 3.63) is 88.5 Å². The van der Waals surface area contributed by atoms with Crippen LogP contribution in [0.2, 0.25) is 5.02 Å². The van der Waals surface area contributed by atoms with Crippen LogP contribution in [-0.2, 0) is 9.59 Å². The highest BCUT2D eigenvalue weighted by Crippen LogP contribution is 2.44. The van der Waals surface area contributed by atoms with Gasteiger partial charge in [0.1, 0.15) is 17.3 Å².